The van der Waals surface area contributed by atoms with Crippen LogP contribution in [0.15, 0.2) is 6.07 Å². The van der Waals surface area contributed by atoms with Crippen LogP contribution in [0.2, 0.25) is 0 Å². The number of carbonyl (C=O) groups excluding carboxylic acids is 1. The Hall–Kier alpha value is -1.89. The average Bonchev–Trinajstić information content (AvgIpc) is 2.37. The standard InChI is InChI=1S/C11H20N6O/c1-12-5-6-14-9-7-8(10(18)13-2)15-11(16-9)17(3)4/h7,12H,5-6H2,1-4H3,(H,13,18)(H,14,15,16). The highest BCUT2D eigenvalue weighted by atomic mass is 16.1. The van der Waals surface area contributed by atoms with Crippen LogP contribution in [0.3, 0.4) is 0 Å². The van der Waals surface area contributed by atoms with Crippen molar-refractivity contribution >= 4 is 17.7 Å². The summed E-state index contributed by atoms with van der Waals surface area (Å²) in [6.45, 7) is 1.55. The van der Waals surface area contributed by atoms with E-state index < -0.39 is 0 Å². The molecule has 7 heteroatoms. The average molecular weight is 252 g/mol. The van der Waals surface area contributed by atoms with E-state index in [1.807, 2.05) is 21.1 Å². The first kappa shape index (κ1) is 14.2. The number of nitrogens with one attached hydrogen (secondary N) is 3. The lowest BCUT2D eigenvalue weighted by Crippen LogP contribution is -2.23. The first-order valence-corrected chi connectivity index (χ1v) is 5.75. The number of likely N-dealkylation sites (N-methyl/N-ethyl adjacent to an activating group) is 1. The van der Waals surface area contributed by atoms with Gasteiger partial charge in [0.05, 0.1) is 0 Å². The normalized spacial score (nSPS) is 10.0. The summed E-state index contributed by atoms with van der Waals surface area (Å²) in [7, 11) is 7.12. The van der Waals surface area contributed by atoms with Crippen molar-refractivity contribution in [3.63, 3.8) is 0 Å². The fraction of sp³-hybridized carbons (Fsp3) is 0.545. The summed E-state index contributed by atoms with van der Waals surface area (Å²) >= 11 is 0. The van der Waals surface area contributed by atoms with Crippen LogP contribution in [0, 0.1) is 0 Å². The Balaban J connectivity index is 2.95. The van der Waals surface area contributed by atoms with Crippen molar-refractivity contribution in [3.8, 4) is 0 Å². The molecule has 0 unspecified atom stereocenters. The van der Waals surface area contributed by atoms with E-state index in [1.54, 1.807) is 18.0 Å². The molecule has 0 aliphatic carbocycles. The first-order chi connectivity index (χ1) is 8.58. The van der Waals surface area contributed by atoms with Gasteiger partial charge in [-0.05, 0) is 7.05 Å². The van der Waals surface area contributed by atoms with Gasteiger partial charge in [0.25, 0.3) is 5.91 Å². The Bertz CT molecular complexity index is 407. The Morgan fingerprint density at radius 2 is 2.00 bits per heavy atom. The molecule has 3 N–H and O–H groups in total. The summed E-state index contributed by atoms with van der Waals surface area (Å²) in [6, 6.07) is 1.64. The zero-order valence-electron chi connectivity index (χ0n) is 11.2. The van der Waals surface area contributed by atoms with Gasteiger partial charge in [0.15, 0.2) is 0 Å². The second-order valence-corrected chi connectivity index (χ2v) is 3.94. The maximum atomic E-state index is 11.6. The minimum atomic E-state index is -0.225. The zero-order valence-corrected chi connectivity index (χ0v) is 11.2. The summed E-state index contributed by atoms with van der Waals surface area (Å²) in [5.41, 5.74) is 0.350. The second-order valence-electron chi connectivity index (χ2n) is 3.94. The van der Waals surface area contributed by atoms with Crippen LogP contribution in [-0.4, -0.2) is 57.2 Å². The van der Waals surface area contributed by atoms with E-state index in [0.717, 1.165) is 13.1 Å². The van der Waals surface area contributed by atoms with Crippen molar-refractivity contribution in [2.24, 2.45) is 0 Å². The molecule has 0 aliphatic heterocycles. The van der Waals surface area contributed by atoms with Crippen LogP contribution >= 0.6 is 0 Å². The Morgan fingerprint density at radius 1 is 1.28 bits per heavy atom. The molecule has 0 bridgehead atoms. The van der Waals surface area contributed by atoms with E-state index >= 15 is 0 Å². The Kier molecular flexibility index (Phi) is 5.31. The molecular formula is C11H20N6O. The molecule has 0 spiro atoms. The van der Waals surface area contributed by atoms with Gasteiger partial charge in [-0.25, -0.2) is 4.98 Å². The third-order valence-corrected chi connectivity index (χ3v) is 2.26. The molecule has 1 amide bonds. The summed E-state index contributed by atoms with van der Waals surface area (Å²) in [5, 5.41) is 8.72. The zero-order chi connectivity index (χ0) is 13.5. The maximum Gasteiger partial charge on any atom is 0.269 e. The van der Waals surface area contributed by atoms with Crippen LogP contribution in [0.1, 0.15) is 10.5 Å². The Morgan fingerprint density at radius 3 is 2.56 bits per heavy atom. The number of rotatable bonds is 6. The van der Waals surface area contributed by atoms with Crippen molar-refractivity contribution < 1.29 is 4.79 Å². The van der Waals surface area contributed by atoms with Gasteiger partial charge in [0.1, 0.15) is 11.5 Å². The SMILES string of the molecule is CNCCNc1cc(C(=O)NC)nc(N(C)C)n1. The molecule has 0 aliphatic rings. The van der Waals surface area contributed by atoms with E-state index in [-0.39, 0.29) is 5.91 Å². The van der Waals surface area contributed by atoms with Gasteiger partial charge < -0.3 is 20.9 Å². The van der Waals surface area contributed by atoms with Crippen LogP contribution in [0.25, 0.3) is 0 Å². The highest BCUT2D eigenvalue weighted by Gasteiger charge is 2.11. The lowest BCUT2D eigenvalue weighted by atomic mass is 10.3. The van der Waals surface area contributed by atoms with Crippen LogP contribution < -0.4 is 20.9 Å². The number of aromatic nitrogens is 2. The number of nitrogens with zero attached hydrogens (tertiary/aromatic N) is 3. The van der Waals surface area contributed by atoms with E-state index in [4.69, 9.17) is 0 Å². The first-order valence-electron chi connectivity index (χ1n) is 5.75. The van der Waals surface area contributed by atoms with Crippen LogP contribution in [0.5, 0.6) is 0 Å². The van der Waals surface area contributed by atoms with Crippen LogP contribution in [-0.2, 0) is 0 Å². The number of hydrogen-bond acceptors (Lipinski definition) is 6. The number of amides is 1. The number of anilines is 2. The third kappa shape index (κ3) is 3.85. The van der Waals surface area contributed by atoms with Gasteiger partial charge in [-0.1, -0.05) is 0 Å². The molecule has 0 saturated heterocycles. The molecule has 0 aromatic carbocycles. The van der Waals surface area contributed by atoms with Gasteiger partial charge in [-0.15, -0.1) is 0 Å². The fourth-order valence-electron chi connectivity index (χ4n) is 1.29. The number of hydrogen-bond donors (Lipinski definition) is 3. The summed E-state index contributed by atoms with van der Waals surface area (Å²) < 4.78 is 0. The van der Waals surface area contributed by atoms with Crippen molar-refractivity contribution in [2.45, 2.75) is 0 Å². The van der Waals surface area contributed by atoms with Crippen molar-refractivity contribution in [1.29, 1.82) is 0 Å². The van der Waals surface area contributed by atoms with Gasteiger partial charge in [0, 0.05) is 40.3 Å². The van der Waals surface area contributed by atoms with Gasteiger partial charge in [-0.2, -0.15) is 4.98 Å². The third-order valence-electron chi connectivity index (χ3n) is 2.26. The lowest BCUT2D eigenvalue weighted by molar-refractivity contribution is 0.0958. The molecule has 1 aromatic heterocycles. The van der Waals surface area contributed by atoms with Crippen molar-refractivity contribution in [1.82, 2.24) is 20.6 Å². The molecule has 7 nitrogen and oxygen atoms in total. The smallest absolute Gasteiger partial charge is 0.269 e. The molecule has 0 saturated carbocycles. The molecule has 0 radical (unpaired) electrons. The summed E-state index contributed by atoms with van der Waals surface area (Å²) in [4.78, 5) is 21.9. The number of carbonyl (C=O) groups is 1. The van der Waals surface area contributed by atoms with Crippen molar-refractivity contribution in [2.75, 3.05) is 51.5 Å². The lowest BCUT2D eigenvalue weighted by Gasteiger charge is -2.13. The largest absolute Gasteiger partial charge is 0.369 e. The van der Waals surface area contributed by atoms with Gasteiger partial charge >= 0.3 is 0 Å². The monoisotopic (exact) mass is 252 g/mol. The molecule has 1 rings (SSSR count). The maximum absolute atomic E-state index is 11.6. The molecule has 0 atom stereocenters. The molecule has 100 valence electrons. The van der Waals surface area contributed by atoms with Crippen LogP contribution in [0.4, 0.5) is 11.8 Å². The highest BCUT2D eigenvalue weighted by Crippen LogP contribution is 2.11. The molecule has 18 heavy (non-hydrogen) atoms. The van der Waals surface area contributed by atoms with E-state index in [1.165, 1.54) is 0 Å². The molecule has 0 fully saturated rings. The van der Waals surface area contributed by atoms with E-state index in [0.29, 0.717) is 17.5 Å². The Labute approximate surface area is 107 Å². The predicted molar refractivity (Wildman–Crippen MR) is 72.2 cm³/mol. The van der Waals surface area contributed by atoms with Crippen molar-refractivity contribution in [3.05, 3.63) is 11.8 Å². The minimum absolute atomic E-state index is 0.225. The van der Waals surface area contributed by atoms with E-state index in [2.05, 4.69) is 25.9 Å². The van der Waals surface area contributed by atoms with E-state index in [9.17, 15) is 4.79 Å². The van der Waals surface area contributed by atoms with Gasteiger partial charge in [0.2, 0.25) is 5.95 Å². The molecule has 1 aromatic rings. The quantitative estimate of drug-likeness (QED) is 0.594. The van der Waals surface area contributed by atoms with Gasteiger partial charge in [-0.3, -0.25) is 4.79 Å². The fourth-order valence-corrected chi connectivity index (χ4v) is 1.29. The molecule has 1 heterocycles. The summed E-state index contributed by atoms with van der Waals surface area (Å²) in [5.74, 6) is 0.919. The molecular weight excluding hydrogens is 232 g/mol. The predicted octanol–water partition coefficient (Wildman–Crippen LogP) is -0.466. The second kappa shape index (κ2) is 6.75. The topological polar surface area (TPSA) is 82.2 Å². The minimum Gasteiger partial charge on any atom is -0.369 e. The summed E-state index contributed by atoms with van der Waals surface area (Å²) in [6.07, 6.45) is 0. The highest BCUT2D eigenvalue weighted by molar-refractivity contribution is 5.93.